The predicted molar refractivity (Wildman–Crippen MR) is 215 cm³/mol. The predicted octanol–water partition coefficient (Wildman–Crippen LogP) is 12.3. The molecule has 5 heteroatoms. The summed E-state index contributed by atoms with van der Waals surface area (Å²) >= 11 is 0. The van der Waals surface area contributed by atoms with Gasteiger partial charge in [-0.25, -0.2) is 0 Å². The van der Waals surface area contributed by atoms with E-state index in [1.54, 1.807) is 0 Å². The maximum absolute atomic E-state index is 6.73. The summed E-state index contributed by atoms with van der Waals surface area (Å²) in [5, 5.41) is 8.36. The maximum atomic E-state index is 6.73. The number of para-hydroxylation sites is 5. The lowest BCUT2D eigenvalue weighted by Crippen LogP contribution is -1.96. The summed E-state index contributed by atoms with van der Waals surface area (Å²) in [6.07, 6.45) is 1.91. The number of hydrogen-bond donors (Lipinski definition) is 0. The number of aromatic nitrogens is 4. The Hall–Kier alpha value is -7.11. The van der Waals surface area contributed by atoms with Crippen molar-refractivity contribution in [1.29, 1.82) is 0 Å². The number of benzene rings is 7. The molecule has 0 saturated carbocycles. The molecule has 0 atom stereocenters. The van der Waals surface area contributed by atoms with Gasteiger partial charge in [0.25, 0.3) is 0 Å². The molecule has 0 aliphatic carbocycles. The van der Waals surface area contributed by atoms with Crippen LogP contribution in [0.25, 0.3) is 105 Å². The molecule has 0 radical (unpaired) electrons. The lowest BCUT2D eigenvalue weighted by molar-refractivity contribution is 0.665. The van der Waals surface area contributed by atoms with Crippen LogP contribution in [0.15, 0.2) is 174 Å². The van der Waals surface area contributed by atoms with Gasteiger partial charge in [-0.2, -0.15) is 0 Å². The van der Waals surface area contributed by atoms with Crippen LogP contribution in [0.1, 0.15) is 0 Å². The van der Waals surface area contributed by atoms with Crippen LogP contribution in [-0.2, 0) is 0 Å². The van der Waals surface area contributed by atoms with Gasteiger partial charge in [-0.3, -0.25) is 4.98 Å². The topological polar surface area (TPSA) is 40.8 Å². The number of rotatable bonds is 3. The molecular formula is C47H28N4O. The zero-order chi connectivity index (χ0) is 33.9. The standard InChI is InChI=1S/C47H28N4O/c1-6-16-38-31(11-1)32-12-2-7-17-39(32)49(38)29-21-23-43-36(27-29)35-15-5-10-20-42(35)51(43)44-25-26-48-46-37-28-30(22-24-45(37)52-47(44)46)50-40-18-8-3-13-33(40)34-14-4-9-19-41(34)50/h1-28H. The largest absolute Gasteiger partial charge is 0.452 e. The maximum Gasteiger partial charge on any atom is 0.177 e. The molecule has 0 aliphatic rings. The van der Waals surface area contributed by atoms with Gasteiger partial charge in [0.15, 0.2) is 5.58 Å². The second kappa shape index (κ2) is 10.2. The first-order chi connectivity index (χ1) is 25.8. The van der Waals surface area contributed by atoms with Crippen molar-refractivity contribution in [2.24, 2.45) is 0 Å². The molecule has 0 N–H and O–H groups in total. The summed E-state index contributed by atoms with van der Waals surface area (Å²) in [7, 11) is 0. The first-order valence-corrected chi connectivity index (χ1v) is 17.6. The minimum atomic E-state index is 0.769. The third-order valence-corrected chi connectivity index (χ3v) is 10.9. The molecule has 0 bridgehead atoms. The summed E-state index contributed by atoms with van der Waals surface area (Å²) in [5.74, 6) is 0. The third kappa shape index (κ3) is 3.64. The Balaban J connectivity index is 1.09. The molecule has 5 heterocycles. The molecule has 5 nitrogen and oxygen atoms in total. The monoisotopic (exact) mass is 664 g/mol. The van der Waals surface area contributed by atoms with Gasteiger partial charge in [0.2, 0.25) is 0 Å². The van der Waals surface area contributed by atoms with Crippen molar-refractivity contribution >= 4 is 87.5 Å². The molecule has 0 aliphatic heterocycles. The average Bonchev–Trinajstić information content (AvgIpc) is 3.94. The van der Waals surface area contributed by atoms with Crippen molar-refractivity contribution < 1.29 is 4.42 Å². The van der Waals surface area contributed by atoms with Gasteiger partial charge in [0.05, 0.1) is 38.8 Å². The Labute approximate surface area is 296 Å². The number of fused-ring (bicyclic) bond motifs is 12. The molecule has 0 amide bonds. The van der Waals surface area contributed by atoms with Crippen LogP contribution in [-0.4, -0.2) is 18.7 Å². The van der Waals surface area contributed by atoms with Gasteiger partial charge in [-0.05, 0) is 72.8 Å². The minimum absolute atomic E-state index is 0.769. The molecule has 0 fully saturated rings. The van der Waals surface area contributed by atoms with Crippen molar-refractivity contribution in [1.82, 2.24) is 18.7 Å². The van der Waals surface area contributed by atoms with Crippen molar-refractivity contribution in [2.45, 2.75) is 0 Å². The Morgan fingerprint density at radius 2 is 0.788 bits per heavy atom. The van der Waals surface area contributed by atoms with Crippen molar-refractivity contribution in [3.63, 3.8) is 0 Å². The van der Waals surface area contributed by atoms with Crippen LogP contribution in [0.2, 0.25) is 0 Å². The van der Waals surface area contributed by atoms with Crippen LogP contribution in [0, 0.1) is 0 Å². The highest BCUT2D eigenvalue weighted by atomic mass is 16.3. The lowest BCUT2D eigenvalue weighted by atomic mass is 10.1. The lowest BCUT2D eigenvalue weighted by Gasteiger charge is -2.10. The molecule has 52 heavy (non-hydrogen) atoms. The van der Waals surface area contributed by atoms with Crippen molar-refractivity contribution in [3.05, 3.63) is 170 Å². The van der Waals surface area contributed by atoms with E-state index in [9.17, 15) is 0 Å². The van der Waals surface area contributed by atoms with Gasteiger partial charge < -0.3 is 18.1 Å². The van der Waals surface area contributed by atoms with E-state index in [4.69, 9.17) is 9.40 Å². The fourth-order valence-corrected chi connectivity index (χ4v) is 8.71. The van der Waals surface area contributed by atoms with E-state index in [0.717, 1.165) is 50.2 Å². The molecule has 12 rings (SSSR count). The summed E-state index contributed by atoms with van der Waals surface area (Å²) in [5.41, 5.74) is 12.6. The van der Waals surface area contributed by atoms with Crippen LogP contribution in [0.5, 0.6) is 0 Å². The van der Waals surface area contributed by atoms with E-state index < -0.39 is 0 Å². The van der Waals surface area contributed by atoms with Crippen molar-refractivity contribution in [2.75, 3.05) is 0 Å². The Morgan fingerprint density at radius 3 is 1.33 bits per heavy atom. The fourth-order valence-electron chi connectivity index (χ4n) is 8.71. The molecule has 0 unspecified atom stereocenters. The Kier molecular flexibility index (Phi) is 5.44. The van der Waals surface area contributed by atoms with E-state index in [2.05, 4.69) is 177 Å². The van der Waals surface area contributed by atoms with Crippen LogP contribution >= 0.6 is 0 Å². The second-order valence-corrected chi connectivity index (χ2v) is 13.6. The molecular weight excluding hydrogens is 637 g/mol. The minimum Gasteiger partial charge on any atom is -0.452 e. The fraction of sp³-hybridized carbons (Fsp3) is 0. The van der Waals surface area contributed by atoms with Gasteiger partial charge in [-0.1, -0.05) is 91.0 Å². The van der Waals surface area contributed by atoms with Crippen molar-refractivity contribution in [3.8, 4) is 17.1 Å². The summed E-state index contributed by atoms with van der Waals surface area (Å²) in [4.78, 5) is 4.93. The number of hydrogen-bond acceptors (Lipinski definition) is 2. The van der Waals surface area contributed by atoms with E-state index in [1.165, 1.54) is 54.4 Å². The van der Waals surface area contributed by atoms with E-state index >= 15 is 0 Å². The van der Waals surface area contributed by atoms with Crippen LogP contribution in [0.4, 0.5) is 0 Å². The highest BCUT2D eigenvalue weighted by Gasteiger charge is 2.21. The van der Waals surface area contributed by atoms with Gasteiger partial charge >= 0.3 is 0 Å². The molecule has 242 valence electrons. The average molecular weight is 665 g/mol. The zero-order valence-corrected chi connectivity index (χ0v) is 27.9. The highest BCUT2D eigenvalue weighted by Crippen LogP contribution is 2.40. The Bertz CT molecular complexity index is 3320. The third-order valence-electron chi connectivity index (χ3n) is 10.9. The number of furan rings is 1. The molecule has 5 aromatic heterocycles. The smallest absolute Gasteiger partial charge is 0.177 e. The molecule has 0 spiro atoms. The molecule has 0 saturated heterocycles. The summed E-state index contributed by atoms with van der Waals surface area (Å²) < 4.78 is 13.8. The normalized spacial score (nSPS) is 12.2. The van der Waals surface area contributed by atoms with E-state index in [-0.39, 0.29) is 0 Å². The number of pyridine rings is 1. The van der Waals surface area contributed by atoms with Crippen LogP contribution < -0.4 is 0 Å². The van der Waals surface area contributed by atoms with Gasteiger partial charge in [0.1, 0.15) is 11.1 Å². The molecule has 7 aromatic carbocycles. The van der Waals surface area contributed by atoms with E-state index in [0.29, 0.717) is 0 Å². The quantitative estimate of drug-likeness (QED) is 0.189. The first kappa shape index (κ1) is 27.7. The Morgan fingerprint density at radius 1 is 0.365 bits per heavy atom. The summed E-state index contributed by atoms with van der Waals surface area (Å²) in [6, 6.07) is 58.6. The van der Waals surface area contributed by atoms with E-state index in [1.807, 2.05) is 6.20 Å². The first-order valence-electron chi connectivity index (χ1n) is 17.6. The highest BCUT2D eigenvalue weighted by molar-refractivity contribution is 6.14. The van der Waals surface area contributed by atoms with Gasteiger partial charge in [-0.15, -0.1) is 0 Å². The zero-order valence-electron chi connectivity index (χ0n) is 27.9. The van der Waals surface area contributed by atoms with Gasteiger partial charge in [0, 0.05) is 55.3 Å². The second-order valence-electron chi connectivity index (χ2n) is 13.6. The number of nitrogens with zero attached hydrogens (tertiary/aromatic N) is 4. The molecule has 12 aromatic rings. The summed E-state index contributed by atoms with van der Waals surface area (Å²) in [6.45, 7) is 0. The van der Waals surface area contributed by atoms with Crippen LogP contribution in [0.3, 0.4) is 0 Å². The SMILES string of the molecule is c1ccc2c(c1)c1ccccc1n2-c1ccc2oc3c(-n4c5ccccc5c5cc(-n6c7ccccc7c7ccccc76)ccc54)ccnc3c2c1.